The molecule has 0 spiro atoms. The van der Waals surface area contributed by atoms with Gasteiger partial charge in [0.1, 0.15) is 0 Å². The maximum absolute atomic E-state index is 8.91. The second kappa shape index (κ2) is 4.31. The third-order valence-electron chi connectivity index (χ3n) is 3.75. The number of hydrogen-bond donors (Lipinski definition) is 1. The molecule has 1 heteroatoms. The lowest BCUT2D eigenvalue weighted by Gasteiger charge is -2.29. The molecule has 14 heavy (non-hydrogen) atoms. The lowest BCUT2D eigenvalue weighted by atomic mass is 9.76. The topological polar surface area (TPSA) is 20.2 Å². The Balaban J connectivity index is 2.58. The molecule has 0 aromatic carbocycles. The SMILES string of the molecule is CC(=CCC1CC=C(C)C1(C)C)CO. The number of aliphatic hydroxyl groups is 1. The molecule has 1 rings (SSSR count). The second-order valence-corrected chi connectivity index (χ2v) is 4.99. The van der Waals surface area contributed by atoms with E-state index in [0.717, 1.165) is 12.0 Å². The van der Waals surface area contributed by atoms with Gasteiger partial charge >= 0.3 is 0 Å². The van der Waals surface area contributed by atoms with Gasteiger partial charge in [0.2, 0.25) is 0 Å². The Kier molecular flexibility index (Phi) is 3.54. The summed E-state index contributed by atoms with van der Waals surface area (Å²) in [6, 6.07) is 0. The maximum atomic E-state index is 8.91. The van der Waals surface area contributed by atoms with Crippen LogP contribution in [0.3, 0.4) is 0 Å². The molecule has 0 aliphatic heterocycles. The summed E-state index contributed by atoms with van der Waals surface area (Å²) >= 11 is 0. The molecule has 0 aromatic heterocycles. The Morgan fingerprint density at radius 1 is 1.64 bits per heavy atom. The highest BCUT2D eigenvalue weighted by molar-refractivity contribution is 5.19. The summed E-state index contributed by atoms with van der Waals surface area (Å²) < 4.78 is 0. The number of allylic oxidation sites excluding steroid dienone is 3. The van der Waals surface area contributed by atoms with Gasteiger partial charge in [0, 0.05) is 0 Å². The molecular formula is C13H22O. The van der Waals surface area contributed by atoms with Crippen LogP contribution in [-0.4, -0.2) is 11.7 Å². The van der Waals surface area contributed by atoms with Crippen molar-refractivity contribution in [1.29, 1.82) is 0 Å². The fraction of sp³-hybridized carbons (Fsp3) is 0.692. The molecule has 0 bridgehead atoms. The highest BCUT2D eigenvalue weighted by Crippen LogP contribution is 2.44. The first-order chi connectivity index (χ1) is 6.48. The third kappa shape index (κ3) is 2.27. The van der Waals surface area contributed by atoms with Gasteiger partial charge in [0.25, 0.3) is 0 Å². The lowest BCUT2D eigenvalue weighted by Crippen LogP contribution is -2.19. The Hall–Kier alpha value is -0.560. The molecular weight excluding hydrogens is 172 g/mol. The van der Waals surface area contributed by atoms with Crippen LogP contribution >= 0.6 is 0 Å². The van der Waals surface area contributed by atoms with Crippen LogP contribution in [-0.2, 0) is 0 Å². The predicted molar refractivity (Wildman–Crippen MR) is 61.1 cm³/mol. The molecule has 80 valence electrons. The summed E-state index contributed by atoms with van der Waals surface area (Å²) in [4.78, 5) is 0. The van der Waals surface area contributed by atoms with E-state index in [-0.39, 0.29) is 6.61 Å². The third-order valence-corrected chi connectivity index (χ3v) is 3.75. The minimum atomic E-state index is 0.194. The van der Waals surface area contributed by atoms with E-state index in [0.29, 0.717) is 11.3 Å². The molecule has 0 aromatic rings. The molecule has 0 heterocycles. The van der Waals surface area contributed by atoms with Crippen LogP contribution in [0.25, 0.3) is 0 Å². The summed E-state index contributed by atoms with van der Waals surface area (Å²) in [6.07, 6.45) is 6.81. The van der Waals surface area contributed by atoms with Gasteiger partial charge in [0.15, 0.2) is 0 Å². The van der Waals surface area contributed by atoms with Gasteiger partial charge in [-0.1, -0.05) is 37.1 Å². The minimum absolute atomic E-state index is 0.194. The van der Waals surface area contributed by atoms with Crippen LogP contribution in [0, 0.1) is 11.3 Å². The Labute approximate surface area is 87.5 Å². The van der Waals surface area contributed by atoms with Crippen molar-refractivity contribution in [1.82, 2.24) is 0 Å². The van der Waals surface area contributed by atoms with E-state index >= 15 is 0 Å². The zero-order valence-corrected chi connectivity index (χ0v) is 9.80. The monoisotopic (exact) mass is 194 g/mol. The first-order valence-corrected chi connectivity index (χ1v) is 5.42. The van der Waals surface area contributed by atoms with Crippen LogP contribution < -0.4 is 0 Å². The molecule has 1 aliphatic rings. The molecule has 0 radical (unpaired) electrons. The van der Waals surface area contributed by atoms with Gasteiger partial charge in [-0.25, -0.2) is 0 Å². The number of hydrogen-bond acceptors (Lipinski definition) is 1. The summed E-state index contributed by atoms with van der Waals surface area (Å²) in [5, 5.41) is 8.91. The molecule has 1 nitrogen and oxygen atoms in total. The fourth-order valence-corrected chi connectivity index (χ4v) is 2.00. The van der Waals surface area contributed by atoms with Crippen molar-refractivity contribution in [2.24, 2.45) is 11.3 Å². The molecule has 1 atom stereocenters. The highest BCUT2D eigenvalue weighted by Gasteiger charge is 2.33. The summed E-state index contributed by atoms with van der Waals surface area (Å²) in [7, 11) is 0. The summed E-state index contributed by atoms with van der Waals surface area (Å²) in [6.45, 7) is 9.04. The molecule has 1 aliphatic carbocycles. The molecule has 0 fully saturated rings. The van der Waals surface area contributed by atoms with Crippen LogP contribution in [0.2, 0.25) is 0 Å². The zero-order chi connectivity index (χ0) is 10.8. The average molecular weight is 194 g/mol. The summed E-state index contributed by atoms with van der Waals surface area (Å²) in [5.74, 6) is 0.712. The van der Waals surface area contributed by atoms with E-state index in [4.69, 9.17) is 5.11 Å². The van der Waals surface area contributed by atoms with Crippen molar-refractivity contribution >= 4 is 0 Å². The van der Waals surface area contributed by atoms with Gasteiger partial charge < -0.3 is 5.11 Å². The Morgan fingerprint density at radius 3 is 2.71 bits per heavy atom. The fourth-order valence-electron chi connectivity index (χ4n) is 2.00. The van der Waals surface area contributed by atoms with Gasteiger partial charge in [-0.15, -0.1) is 0 Å². The lowest BCUT2D eigenvalue weighted by molar-refractivity contribution is 0.292. The highest BCUT2D eigenvalue weighted by atomic mass is 16.3. The van der Waals surface area contributed by atoms with Crippen LogP contribution in [0.4, 0.5) is 0 Å². The Morgan fingerprint density at radius 2 is 2.29 bits per heavy atom. The van der Waals surface area contributed by atoms with Gasteiger partial charge in [-0.3, -0.25) is 0 Å². The van der Waals surface area contributed by atoms with E-state index in [1.165, 1.54) is 12.0 Å². The molecule has 1 unspecified atom stereocenters. The predicted octanol–water partition coefficient (Wildman–Crippen LogP) is 3.31. The molecule has 0 saturated carbocycles. The van der Waals surface area contributed by atoms with E-state index < -0.39 is 0 Å². The van der Waals surface area contributed by atoms with Gasteiger partial charge in [-0.05, 0) is 38.0 Å². The number of rotatable bonds is 3. The van der Waals surface area contributed by atoms with Crippen molar-refractivity contribution in [3.63, 3.8) is 0 Å². The minimum Gasteiger partial charge on any atom is -0.392 e. The van der Waals surface area contributed by atoms with Crippen molar-refractivity contribution in [2.75, 3.05) is 6.61 Å². The quantitative estimate of drug-likeness (QED) is 0.683. The maximum Gasteiger partial charge on any atom is 0.0639 e. The first-order valence-electron chi connectivity index (χ1n) is 5.42. The average Bonchev–Trinajstić information content (AvgIpc) is 2.39. The van der Waals surface area contributed by atoms with Gasteiger partial charge in [-0.2, -0.15) is 0 Å². The van der Waals surface area contributed by atoms with Gasteiger partial charge in [0.05, 0.1) is 6.61 Å². The largest absolute Gasteiger partial charge is 0.392 e. The Bertz CT molecular complexity index is 258. The molecule has 0 saturated heterocycles. The van der Waals surface area contributed by atoms with Crippen molar-refractivity contribution in [2.45, 2.75) is 40.5 Å². The normalized spacial score (nSPS) is 26.5. The van der Waals surface area contributed by atoms with E-state index in [2.05, 4.69) is 32.9 Å². The van der Waals surface area contributed by atoms with Crippen LogP contribution in [0.15, 0.2) is 23.3 Å². The van der Waals surface area contributed by atoms with Crippen LogP contribution in [0.1, 0.15) is 40.5 Å². The van der Waals surface area contributed by atoms with Crippen molar-refractivity contribution in [3.05, 3.63) is 23.3 Å². The van der Waals surface area contributed by atoms with Crippen LogP contribution in [0.5, 0.6) is 0 Å². The number of aliphatic hydroxyl groups excluding tert-OH is 1. The first kappa shape index (κ1) is 11.5. The van der Waals surface area contributed by atoms with E-state index in [1.807, 2.05) is 6.92 Å². The zero-order valence-electron chi connectivity index (χ0n) is 9.80. The standard InChI is InChI=1S/C13H22O/c1-10(9-14)5-7-12-8-6-11(2)13(12,3)4/h5-6,12,14H,7-9H2,1-4H3. The summed E-state index contributed by atoms with van der Waals surface area (Å²) in [5.41, 5.74) is 2.94. The molecule has 0 amide bonds. The van der Waals surface area contributed by atoms with Crippen molar-refractivity contribution < 1.29 is 5.11 Å². The molecule has 1 N–H and O–H groups in total. The van der Waals surface area contributed by atoms with Crippen molar-refractivity contribution in [3.8, 4) is 0 Å². The van der Waals surface area contributed by atoms with E-state index in [1.54, 1.807) is 0 Å². The second-order valence-electron chi connectivity index (χ2n) is 4.99. The van der Waals surface area contributed by atoms with E-state index in [9.17, 15) is 0 Å². The smallest absolute Gasteiger partial charge is 0.0639 e.